The summed E-state index contributed by atoms with van der Waals surface area (Å²) in [6, 6.07) is 8.04. The van der Waals surface area contributed by atoms with Gasteiger partial charge in [0, 0.05) is 36.5 Å². The number of aryl methyl sites for hydroxylation is 1. The van der Waals surface area contributed by atoms with E-state index in [1.165, 1.54) is 0 Å². The van der Waals surface area contributed by atoms with E-state index < -0.39 is 0 Å². The molecule has 3 rings (SSSR count). The van der Waals surface area contributed by atoms with E-state index in [-0.39, 0.29) is 6.61 Å². The number of nitrogens with zero attached hydrogens (tertiary/aromatic N) is 3. The van der Waals surface area contributed by atoms with E-state index in [1.807, 2.05) is 42.2 Å². The molecule has 0 aliphatic rings. The van der Waals surface area contributed by atoms with Crippen LogP contribution in [0.15, 0.2) is 42.9 Å². The molecule has 0 bridgehead atoms. The topological polar surface area (TPSA) is 43.0 Å². The first kappa shape index (κ1) is 11.0. The Kier molecular flexibility index (Phi) is 2.64. The Balaban J connectivity index is 2.06. The lowest BCUT2D eigenvalue weighted by Gasteiger charge is -2.06. The fourth-order valence-electron chi connectivity index (χ4n) is 2.26. The molecule has 4 heteroatoms. The zero-order chi connectivity index (χ0) is 12.5. The summed E-state index contributed by atoms with van der Waals surface area (Å²) in [5.74, 6) is 1.02. The van der Waals surface area contributed by atoms with Crippen LogP contribution in [0.1, 0.15) is 11.4 Å². The molecule has 0 aliphatic heterocycles. The van der Waals surface area contributed by atoms with Crippen LogP contribution >= 0.6 is 0 Å². The highest BCUT2D eigenvalue weighted by Gasteiger charge is 2.07. The smallest absolute Gasteiger partial charge is 0.128 e. The highest BCUT2D eigenvalue weighted by Crippen LogP contribution is 2.21. The van der Waals surface area contributed by atoms with Gasteiger partial charge in [-0.1, -0.05) is 12.1 Å². The summed E-state index contributed by atoms with van der Waals surface area (Å²) in [7, 11) is 1.99. The number of fused-ring (bicyclic) bond motifs is 1. The van der Waals surface area contributed by atoms with Crippen LogP contribution in [0.4, 0.5) is 0 Å². The van der Waals surface area contributed by atoms with Gasteiger partial charge >= 0.3 is 0 Å². The normalized spacial score (nSPS) is 11.2. The number of imidazole rings is 1. The van der Waals surface area contributed by atoms with E-state index in [9.17, 15) is 5.11 Å². The van der Waals surface area contributed by atoms with Crippen molar-refractivity contribution in [1.82, 2.24) is 14.1 Å². The molecule has 0 aliphatic carbocycles. The van der Waals surface area contributed by atoms with Crippen LogP contribution in [0.5, 0.6) is 0 Å². The van der Waals surface area contributed by atoms with Crippen molar-refractivity contribution in [2.45, 2.75) is 13.2 Å². The average Bonchev–Trinajstić information content (AvgIpc) is 2.97. The van der Waals surface area contributed by atoms with Crippen molar-refractivity contribution < 1.29 is 5.11 Å². The van der Waals surface area contributed by atoms with Crippen molar-refractivity contribution in [2.75, 3.05) is 0 Å². The molecule has 0 saturated carbocycles. The van der Waals surface area contributed by atoms with E-state index in [2.05, 4.69) is 15.6 Å². The molecule has 3 aromatic rings. The molecule has 92 valence electrons. The van der Waals surface area contributed by atoms with Gasteiger partial charge in [0.1, 0.15) is 5.82 Å². The standard InChI is InChI=1S/C14H15N3O/c1-16-8-6-15-14(16)9-17-7-5-12-11(10-18)3-2-4-13(12)17/h2-8,18H,9-10H2,1H3. The van der Waals surface area contributed by atoms with Gasteiger partial charge in [-0.2, -0.15) is 0 Å². The molecule has 1 aromatic carbocycles. The predicted molar refractivity (Wildman–Crippen MR) is 70.2 cm³/mol. The summed E-state index contributed by atoms with van der Waals surface area (Å²) in [5, 5.41) is 10.4. The van der Waals surface area contributed by atoms with E-state index in [0.717, 1.165) is 28.8 Å². The molecular weight excluding hydrogens is 226 g/mol. The third-order valence-corrected chi connectivity index (χ3v) is 3.31. The number of hydrogen-bond donors (Lipinski definition) is 1. The number of hydrogen-bond acceptors (Lipinski definition) is 2. The molecule has 0 unspecified atom stereocenters. The maximum atomic E-state index is 9.32. The second-order valence-electron chi connectivity index (χ2n) is 4.41. The van der Waals surface area contributed by atoms with E-state index >= 15 is 0 Å². The maximum Gasteiger partial charge on any atom is 0.128 e. The summed E-state index contributed by atoms with van der Waals surface area (Å²) in [5.41, 5.74) is 2.09. The van der Waals surface area contributed by atoms with Crippen molar-refractivity contribution in [2.24, 2.45) is 7.05 Å². The summed E-state index contributed by atoms with van der Waals surface area (Å²) in [6.45, 7) is 0.811. The molecule has 0 fully saturated rings. The first-order chi connectivity index (χ1) is 8.79. The van der Waals surface area contributed by atoms with E-state index in [0.29, 0.717) is 0 Å². The Morgan fingerprint density at radius 2 is 2.11 bits per heavy atom. The molecule has 2 heterocycles. The fourth-order valence-corrected chi connectivity index (χ4v) is 2.26. The van der Waals surface area contributed by atoms with Gasteiger partial charge in [-0.15, -0.1) is 0 Å². The molecule has 0 radical (unpaired) electrons. The maximum absolute atomic E-state index is 9.32. The predicted octanol–water partition coefficient (Wildman–Crippen LogP) is 1.92. The molecular formula is C14H15N3O. The van der Waals surface area contributed by atoms with Crippen LogP contribution in [0.2, 0.25) is 0 Å². The van der Waals surface area contributed by atoms with Gasteiger partial charge in [-0.3, -0.25) is 0 Å². The minimum absolute atomic E-state index is 0.0732. The van der Waals surface area contributed by atoms with Crippen LogP contribution in [0.3, 0.4) is 0 Å². The number of rotatable bonds is 3. The van der Waals surface area contributed by atoms with Crippen LogP contribution in [-0.2, 0) is 20.2 Å². The summed E-state index contributed by atoms with van der Waals surface area (Å²) < 4.78 is 4.17. The highest BCUT2D eigenvalue weighted by molar-refractivity contribution is 5.83. The van der Waals surface area contributed by atoms with Gasteiger partial charge in [0.05, 0.1) is 13.2 Å². The minimum atomic E-state index is 0.0732. The fraction of sp³-hybridized carbons (Fsp3) is 0.214. The van der Waals surface area contributed by atoms with Crippen LogP contribution in [0.25, 0.3) is 10.9 Å². The Labute approximate surface area is 105 Å². The monoisotopic (exact) mass is 241 g/mol. The molecule has 4 nitrogen and oxygen atoms in total. The first-order valence-electron chi connectivity index (χ1n) is 5.93. The van der Waals surface area contributed by atoms with Crippen molar-refractivity contribution in [1.29, 1.82) is 0 Å². The van der Waals surface area contributed by atoms with Crippen LogP contribution in [0, 0.1) is 0 Å². The Bertz CT molecular complexity index is 681. The number of aliphatic hydroxyl groups excluding tert-OH is 1. The molecule has 0 saturated heterocycles. The first-order valence-corrected chi connectivity index (χ1v) is 5.93. The third kappa shape index (κ3) is 1.71. The number of aromatic nitrogens is 3. The minimum Gasteiger partial charge on any atom is -0.392 e. The Hall–Kier alpha value is -2.07. The van der Waals surface area contributed by atoms with E-state index in [4.69, 9.17) is 0 Å². The zero-order valence-electron chi connectivity index (χ0n) is 10.2. The molecule has 0 amide bonds. The summed E-state index contributed by atoms with van der Waals surface area (Å²) >= 11 is 0. The highest BCUT2D eigenvalue weighted by atomic mass is 16.3. The molecule has 2 aromatic heterocycles. The lowest BCUT2D eigenvalue weighted by molar-refractivity contribution is 0.283. The van der Waals surface area contributed by atoms with Gasteiger partial charge in [0.15, 0.2) is 0 Å². The van der Waals surface area contributed by atoms with Gasteiger partial charge in [0.25, 0.3) is 0 Å². The quantitative estimate of drug-likeness (QED) is 0.761. The SMILES string of the molecule is Cn1ccnc1Cn1ccc2c(CO)cccc21. The second-order valence-corrected chi connectivity index (χ2v) is 4.41. The summed E-state index contributed by atoms with van der Waals surface area (Å²) in [6.07, 6.45) is 5.79. The van der Waals surface area contributed by atoms with Gasteiger partial charge in [0.2, 0.25) is 0 Å². The van der Waals surface area contributed by atoms with Gasteiger partial charge in [-0.25, -0.2) is 4.98 Å². The van der Waals surface area contributed by atoms with Gasteiger partial charge < -0.3 is 14.2 Å². The molecule has 1 N–H and O–H groups in total. The zero-order valence-corrected chi connectivity index (χ0v) is 10.2. The number of benzene rings is 1. The van der Waals surface area contributed by atoms with E-state index in [1.54, 1.807) is 6.20 Å². The van der Waals surface area contributed by atoms with Crippen molar-refractivity contribution in [3.8, 4) is 0 Å². The number of aliphatic hydroxyl groups is 1. The van der Waals surface area contributed by atoms with Gasteiger partial charge in [-0.05, 0) is 17.7 Å². The largest absolute Gasteiger partial charge is 0.392 e. The van der Waals surface area contributed by atoms with Crippen molar-refractivity contribution >= 4 is 10.9 Å². The lowest BCUT2D eigenvalue weighted by atomic mass is 10.1. The van der Waals surface area contributed by atoms with Crippen molar-refractivity contribution in [3.05, 3.63) is 54.2 Å². The lowest BCUT2D eigenvalue weighted by Crippen LogP contribution is -2.04. The Morgan fingerprint density at radius 3 is 2.83 bits per heavy atom. The van der Waals surface area contributed by atoms with Crippen molar-refractivity contribution in [3.63, 3.8) is 0 Å². The molecule has 0 atom stereocenters. The molecule has 0 spiro atoms. The average molecular weight is 241 g/mol. The third-order valence-electron chi connectivity index (χ3n) is 3.31. The Morgan fingerprint density at radius 1 is 1.22 bits per heavy atom. The summed E-state index contributed by atoms with van der Waals surface area (Å²) in [4.78, 5) is 4.33. The van der Waals surface area contributed by atoms with Crippen LogP contribution in [-0.4, -0.2) is 19.2 Å². The van der Waals surface area contributed by atoms with Crippen LogP contribution < -0.4 is 0 Å². The second kappa shape index (κ2) is 4.31. The molecule has 18 heavy (non-hydrogen) atoms.